The van der Waals surface area contributed by atoms with Crippen LogP contribution in [0.15, 0.2) is 24.3 Å². The Balaban J connectivity index is 2.11. The fourth-order valence-electron chi connectivity index (χ4n) is 3.48. The number of nitrogens with two attached hydrogens (primary N) is 1. The lowest BCUT2D eigenvalue weighted by molar-refractivity contribution is 0.112. The van der Waals surface area contributed by atoms with Gasteiger partial charge in [0.05, 0.1) is 0 Å². The zero-order valence-electron chi connectivity index (χ0n) is 13.4. The molecule has 2 atom stereocenters. The Labute approximate surface area is 128 Å². The largest absolute Gasteiger partial charge is 0.329 e. The molecule has 1 fully saturated rings. The molecule has 1 saturated heterocycles. The summed E-state index contributed by atoms with van der Waals surface area (Å²) in [5.41, 5.74) is 6.72. The molecule has 1 aromatic rings. The summed E-state index contributed by atoms with van der Waals surface area (Å²) < 4.78 is 14.0. The maximum atomic E-state index is 14.0. The predicted octanol–water partition coefficient (Wildman–Crippen LogP) is 3.60. The molecule has 1 aromatic carbocycles. The molecule has 0 saturated carbocycles. The zero-order valence-corrected chi connectivity index (χ0v) is 13.4. The van der Waals surface area contributed by atoms with Gasteiger partial charge >= 0.3 is 0 Å². The predicted molar refractivity (Wildman–Crippen MR) is 86.8 cm³/mol. The van der Waals surface area contributed by atoms with E-state index in [1.54, 1.807) is 12.1 Å². The summed E-state index contributed by atoms with van der Waals surface area (Å²) in [6, 6.07) is 7.08. The van der Waals surface area contributed by atoms with Gasteiger partial charge in [-0.1, -0.05) is 31.5 Å². The van der Waals surface area contributed by atoms with Crippen LogP contribution in [0, 0.1) is 11.7 Å². The highest BCUT2D eigenvalue weighted by molar-refractivity contribution is 5.20. The van der Waals surface area contributed by atoms with Gasteiger partial charge in [0.1, 0.15) is 5.82 Å². The Bertz CT molecular complexity index is 449. The van der Waals surface area contributed by atoms with Crippen molar-refractivity contribution in [3.63, 3.8) is 0 Å². The molecule has 2 N–H and O–H groups in total. The van der Waals surface area contributed by atoms with Crippen molar-refractivity contribution in [1.29, 1.82) is 0 Å². The van der Waals surface area contributed by atoms with Crippen molar-refractivity contribution in [3.05, 3.63) is 35.6 Å². The van der Waals surface area contributed by atoms with Gasteiger partial charge in [-0.2, -0.15) is 0 Å². The molecule has 0 bridgehead atoms. The summed E-state index contributed by atoms with van der Waals surface area (Å²) in [6.07, 6.45) is 5.73. The topological polar surface area (TPSA) is 29.3 Å². The molecule has 21 heavy (non-hydrogen) atoms. The molecular weight excluding hydrogens is 263 g/mol. The number of hydrogen-bond donors (Lipinski definition) is 1. The maximum Gasteiger partial charge on any atom is 0.126 e. The van der Waals surface area contributed by atoms with Crippen molar-refractivity contribution in [2.45, 2.75) is 51.5 Å². The van der Waals surface area contributed by atoms with Gasteiger partial charge in [-0.05, 0) is 63.2 Å². The highest BCUT2D eigenvalue weighted by Gasteiger charge is 2.32. The lowest BCUT2D eigenvalue weighted by atomic mass is 9.90. The van der Waals surface area contributed by atoms with Crippen LogP contribution in [0.25, 0.3) is 0 Å². The Morgan fingerprint density at radius 3 is 2.71 bits per heavy atom. The molecule has 2 unspecified atom stereocenters. The molecule has 3 heteroatoms. The first kappa shape index (κ1) is 16.4. The zero-order chi connectivity index (χ0) is 15.3. The minimum absolute atomic E-state index is 0.113. The minimum Gasteiger partial charge on any atom is -0.329 e. The quantitative estimate of drug-likeness (QED) is 0.898. The first-order valence-electron chi connectivity index (χ1n) is 8.27. The van der Waals surface area contributed by atoms with Crippen molar-refractivity contribution in [2.75, 3.05) is 19.6 Å². The van der Waals surface area contributed by atoms with Crippen LogP contribution in [-0.4, -0.2) is 30.1 Å². The van der Waals surface area contributed by atoms with Crippen LogP contribution >= 0.6 is 0 Å². The summed E-state index contributed by atoms with van der Waals surface area (Å²) in [7, 11) is 0. The molecule has 0 aliphatic carbocycles. The average Bonchev–Trinajstić information content (AvgIpc) is 2.75. The second kappa shape index (κ2) is 7.37. The molecule has 118 valence electrons. The van der Waals surface area contributed by atoms with Crippen LogP contribution in [-0.2, 0) is 6.42 Å². The van der Waals surface area contributed by atoms with Gasteiger partial charge in [0.15, 0.2) is 0 Å². The fraction of sp³-hybridized carbons (Fsp3) is 0.667. The lowest BCUT2D eigenvalue weighted by Crippen LogP contribution is -2.53. The van der Waals surface area contributed by atoms with Crippen molar-refractivity contribution in [2.24, 2.45) is 11.7 Å². The van der Waals surface area contributed by atoms with E-state index in [2.05, 4.69) is 18.7 Å². The van der Waals surface area contributed by atoms with Crippen LogP contribution in [0.4, 0.5) is 4.39 Å². The summed E-state index contributed by atoms with van der Waals surface area (Å²) in [4.78, 5) is 2.50. The third-order valence-electron chi connectivity index (χ3n) is 5.16. The van der Waals surface area contributed by atoms with Gasteiger partial charge in [0.25, 0.3) is 0 Å². The summed E-state index contributed by atoms with van der Waals surface area (Å²) in [5.74, 6) is 0.726. The van der Waals surface area contributed by atoms with Crippen molar-refractivity contribution < 1.29 is 4.39 Å². The first-order valence-corrected chi connectivity index (χ1v) is 8.27. The first-order chi connectivity index (χ1) is 10.1. The second-order valence-electron chi connectivity index (χ2n) is 6.66. The molecule has 0 amide bonds. The average molecular weight is 292 g/mol. The SMILES string of the molecule is CCC1CCCN(C(C)(CN)Cc2ccccc2F)CC1. The molecule has 0 aromatic heterocycles. The lowest BCUT2D eigenvalue weighted by Gasteiger charge is -2.40. The molecule has 1 heterocycles. The summed E-state index contributed by atoms with van der Waals surface area (Å²) in [5, 5.41) is 0. The summed E-state index contributed by atoms with van der Waals surface area (Å²) in [6.45, 7) is 7.20. The number of halogens is 1. The minimum atomic E-state index is -0.148. The normalized spacial score (nSPS) is 23.5. The van der Waals surface area contributed by atoms with E-state index >= 15 is 0 Å². The van der Waals surface area contributed by atoms with Gasteiger partial charge in [-0.3, -0.25) is 4.90 Å². The fourth-order valence-corrected chi connectivity index (χ4v) is 3.48. The van der Waals surface area contributed by atoms with E-state index in [-0.39, 0.29) is 11.4 Å². The van der Waals surface area contributed by atoms with Crippen LogP contribution in [0.2, 0.25) is 0 Å². The highest BCUT2D eigenvalue weighted by Crippen LogP contribution is 2.27. The van der Waals surface area contributed by atoms with Crippen LogP contribution < -0.4 is 5.73 Å². The molecule has 1 aliphatic heterocycles. The van der Waals surface area contributed by atoms with Crippen molar-refractivity contribution >= 4 is 0 Å². The number of rotatable bonds is 5. The smallest absolute Gasteiger partial charge is 0.126 e. The van der Waals surface area contributed by atoms with Crippen LogP contribution in [0.3, 0.4) is 0 Å². The van der Waals surface area contributed by atoms with Gasteiger partial charge < -0.3 is 5.73 Å². The monoisotopic (exact) mass is 292 g/mol. The van der Waals surface area contributed by atoms with E-state index in [0.29, 0.717) is 13.0 Å². The van der Waals surface area contributed by atoms with Gasteiger partial charge in [-0.15, -0.1) is 0 Å². The number of benzene rings is 1. The highest BCUT2D eigenvalue weighted by atomic mass is 19.1. The molecular formula is C18H29FN2. The number of likely N-dealkylation sites (tertiary alicyclic amines) is 1. The maximum absolute atomic E-state index is 14.0. The molecule has 1 aliphatic rings. The van der Waals surface area contributed by atoms with Crippen molar-refractivity contribution in [1.82, 2.24) is 4.90 Å². The Hall–Kier alpha value is -0.930. The second-order valence-corrected chi connectivity index (χ2v) is 6.66. The van der Waals surface area contributed by atoms with Gasteiger partial charge in [-0.25, -0.2) is 4.39 Å². The molecule has 2 nitrogen and oxygen atoms in total. The van der Waals surface area contributed by atoms with Gasteiger partial charge in [0.2, 0.25) is 0 Å². The Morgan fingerprint density at radius 1 is 1.29 bits per heavy atom. The van der Waals surface area contributed by atoms with Crippen molar-refractivity contribution in [3.8, 4) is 0 Å². The Kier molecular flexibility index (Phi) is 5.77. The third-order valence-corrected chi connectivity index (χ3v) is 5.16. The number of nitrogens with zero attached hydrogens (tertiary/aromatic N) is 1. The summed E-state index contributed by atoms with van der Waals surface area (Å²) >= 11 is 0. The number of hydrogen-bond acceptors (Lipinski definition) is 2. The van der Waals surface area contributed by atoms with E-state index < -0.39 is 0 Å². The van der Waals surface area contributed by atoms with E-state index in [9.17, 15) is 4.39 Å². The van der Waals surface area contributed by atoms with Crippen LogP contribution in [0.5, 0.6) is 0 Å². The third kappa shape index (κ3) is 4.04. The molecule has 0 radical (unpaired) electrons. The Morgan fingerprint density at radius 2 is 2.05 bits per heavy atom. The van der Waals surface area contributed by atoms with E-state index in [1.807, 2.05) is 12.1 Å². The van der Waals surface area contributed by atoms with E-state index in [4.69, 9.17) is 5.73 Å². The van der Waals surface area contributed by atoms with E-state index in [1.165, 1.54) is 25.7 Å². The van der Waals surface area contributed by atoms with E-state index in [0.717, 1.165) is 24.6 Å². The van der Waals surface area contributed by atoms with Gasteiger partial charge in [0, 0.05) is 12.1 Å². The molecule has 2 rings (SSSR count). The van der Waals surface area contributed by atoms with Crippen LogP contribution in [0.1, 0.15) is 45.1 Å². The standard InChI is InChI=1S/C18H29FN2/c1-3-15-7-6-11-21(12-10-15)18(2,14-20)13-16-8-4-5-9-17(16)19/h4-5,8-9,15H,3,6-7,10-14,20H2,1-2H3. The molecule has 0 spiro atoms.